The third-order valence-electron chi connectivity index (χ3n) is 15.9. The van der Waals surface area contributed by atoms with Crippen molar-refractivity contribution in [1.82, 2.24) is 0 Å². The predicted molar refractivity (Wildman–Crippen MR) is 321 cm³/mol. The maximum atomic E-state index is 6.48. The first-order chi connectivity index (χ1) is 35.9. The van der Waals surface area contributed by atoms with E-state index in [1.165, 1.54) is 104 Å². The molecule has 10 aromatic rings. The van der Waals surface area contributed by atoms with E-state index >= 15 is 0 Å². The van der Waals surface area contributed by atoms with Crippen LogP contribution in [0.5, 0.6) is 11.5 Å². The van der Waals surface area contributed by atoms with Crippen LogP contribution in [0.25, 0.3) is 53.6 Å². The van der Waals surface area contributed by atoms with Gasteiger partial charge < -0.3 is 19.3 Å². The molecule has 9 aromatic carbocycles. The third-order valence-corrected chi connectivity index (χ3v) is 17.1. The predicted octanol–water partition coefficient (Wildman–Crippen LogP) is 17.1. The SMILES string of the molecule is Cc1cc2c3c(c1)N(c1ccc(C(C)(C)C)cc1)c1cc4c(cc1B3c1cc(-c3ccc5c(c3)sc3ccccc35)ccc1N2c1cc(-c2ccc(C(C)(C)C)cc2)cc(-c2ccc(C(C)(C)C)cc2)c1)OCCO4. The van der Waals surface area contributed by atoms with Crippen molar-refractivity contribution in [3.8, 4) is 44.9 Å². The summed E-state index contributed by atoms with van der Waals surface area (Å²) in [4.78, 5) is 5.06. The topological polar surface area (TPSA) is 24.9 Å². The van der Waals surface area contributed by atoms with Crippen LogP contribution in [0.1, 0.15) is 84.6 Å². The Bertz CT molecular complexity index is 3830. The van der Waals surface area contributed by atoms with Gasteiger partial charge in [0, 0.05) is 60.4 Å². The van der Waals surface area contributed by atoms with Gasteiger partial charge in [-0.1, -0.05) is 165 Å². The maximum absolute atomic E-state index is 6.48. The molecule has 13 rings (SSSR count). The molecular formula is C69H63BN2O2S. The molecule has 0 atom stereocenters. The van der Waals surface area contributed by atoms with E-state index in [1.807, 2.05) is 11.3 Å². The monoisotopic (exact) mass is 994 g/mol. The molecule has 0 bridgehead atoms. The van der Waals surface area contributed by atoms with Crippen LogP contribution in [0.3, 0.4) is 0 Å². The molecule has 3 aliphatic heterocycles. The van der Waals surface area contributed by atoms with E-state index in [9.17, 15) is 0 Å². The van der Waals surface area contributed by atoms with E-state index in [1.54, 1.807) is 0 Å². The maximum Gasteiger partial charge on any atom is 0.252 e. The molecule has 0 spiro atoms. The summed E-state index contributed by atoms with van der Waals surface area (Å²) in [6.45, 7) is 23.7. The van der Waals surface area contributed by atoms with Crippen LogP contribution in [-0.4, -0.2) is 19.9 Å². The summed E-state index contributed by atoms with van der Waals surface area (Å²) < 4.78 is 15.5. The normalized spacial score (nSPS) is 14.0. The Morgan fingerprint density at radius 1 is 0.400 bits per heavy atom. The minimum absolute atomic E-state index is 0.0102. The van der Waals surface area contributed by atoms with Crippen LogP contribution in [0.4, 0.5) is 34.1 Å². The molecule has 75 heavy (non-hydrogen) atoms. The Morgan fingerprint density at radius 3 is 1.49 bits per heavy atom. The van der Waals surface area contributed by atoms with E-state index in [2.05, 4.69) is 255 Å². The number of nitrogens with zero attached hydrogens (tertiary/aromatic N) is 2. The van der Waals surface area contributed by atoms with Gasteiger partial charge in [-0.3, -0.25) is 0 Å². The molecule has 0 aliphatic carbocycles. The summed E-state index contributed by atoms with van der Waals surface area (Å²) in [5, 5.41) is 2.62. The Labute approximate surface area is 447 Å². The van der Waals surface area contributed by atoms with Gasteiger partial charge >= 0.3 is 0 Å². The van der Waals surface area contributed by atoms with E-state index in [0.717, 1.165) is 34.2 Å². The van der Waals surface area contributed by atoms with Crippen molar-refractivity contribution in [3.63, 3.8) is 0 Å². The van der Waals surface area contributed by atoms with Crippen LogP contribution in [-0.2, 0) is 16.2 Å². The number of hydrogen-bond acceptors (Lipinski definition) is 5. The minimum atomic E-state index is -0.122. The van der Waals surface area contributed by atoms with Crippen LogP contribution < -0.4 is 35.7 Å². The summed E-state index contributed by atoms with van der Waals surface area (Å²) in [6, 6.07) is 67.3. The zero-order valence-electron chi connectivity index (χ0n) is 44.9. The molecule has 0 N–H and O–H groups in total. The molecule has 370 valence electrons. The Hall–Kier alpha value is -7.54. The molecular weight excluding hydrogens is 932 g/mol. The lowest BCUT2D eigenvalue weighted by Gasteiger charge is -2.45. The Morgan fingerprint density at radius 2 is 0.893 bits per heavy atom. The second-order valence-electron chi connectivity index (χ2n) is 24.2. The molecule has 0 saturated heterocycles. The zero-order chi connectivity index (χ0) is 51.7. The molecule has 0 saturated carbocycles. The van der Waals surface area contributed by atoms with Gasteiger partial charge in [0.1, 0.15) is 13.2 Å². The Balaban J connectivity index is 1.08. The van der Waals surface area contributed by atoms with E-state index < -0.39 is 0 Å². The summed E-state index contributed by atoms with van der Waals surface area (Å²) in [5.41, 5.74) is 22.9. The largest absolute Gasteiger partial charge is 0.486 e. The lowest BCUT2D eigenvalue weighted by molar-refractivity contribution is 0.172. The molecule has 4 heterocycles. The lowest BCUT2D eigenvalue weighted by Crippen LogP contribution is -2.61. The summed E-state index contributed by atoms with van der Waals surface area (Å²) >= 11 is 1.87. The second kappa shape index (κ2) is 17.3. The number of anilines is 6. The smallest absolute Gasteiger partial charge is 0.252 e. The van der Waals surface area contributed by atoms with Gasteiger partial charge in [0.25, 0.3) is 6.71 Å². The number of hydrogen-bond donors (Lipinski definition) is 0. The fourth-order valence-electron chi connectivity index (χ4n) is 11.8. The van der Waals surface area contributed by atoms with Gasteiger partial charge in [-0.25, -0.2) is 0 Å². The number of rotatable bonds is 5. The first-order valence-electron chi connectivity index (χ1n) is 26.7. The average Bonchev–Trinajstić information content (AvgIpc) is 3.77. The van der Waals surface area contributed by atoms with Crippen LogP contribution >= 0.6 is 11.3 Å². The molecule has 1 aromatic heterocycles. The highest BCUT2D eigenvalue weighted by atomic mass is 32.1. The van der Waals surface area contributed by atoms with Gasteiger partial charge in [-0.05, 0) is 162 Å². The molecule has 0 amide bonds. The number of ether oxygens (including phenoxy) is 2. The highest BCUT2D eigenvalue weighted by Gasteiger charge is 2.45. The Kier molecular flexibility index (Phi) is 10.9. The second-order valence-corrected chi connectivity index (χ2v) is 25.3. The zero-order valence-corrected chi connectivity index (χ0v) is 45.7. The van der Waals surface area contributed by atoms with Crippen molar-refractivity contribution in [2.24, 2.45) is 0 Å². The summed E-state index contributed by atoms with van der Waals surface area (Å²) in [7, 11) is 0. The fraction of sp³-hybridized carbons (Fsp3) is 0.217. The lowest BCUT2D eigenvalue weighted by atomic mass is 9.33. The molecule has 3 aliphatic rings. The quantitative estimate of drug-likeness (QED) is 0.160. The first kappa shape index (κ1) is 47.2. The number of benzene rings is 9. The molecule has 6 heteroatoms. The first-order valence-corrected chi connectivity index (χ1v) is 27.5. The van der Waals surface area contributed by atoms with Gasteiger partial charge in [0.15, 0.2) is 11.5 Å². The van der Waals surface area contributed by atoms with Crippen LogP contribution in [0, 0.1) is 6.92 Å². The molecule has 0 unspecified atom stereocenters. The van der Waals surface area contributed by atoms with Crippen molar-refractivity contribution in [1.29, 1.82) is 0 Å². The summed E-state index contributed by atoms with van der Waals surface area (Å²) in [6.07, 6.45) is 0. The molecule has 0 radical (unpaired) electrons. The number of fused-ring (bicyclic) bond motifs is 8. The van der Waals surface area contributed by atoms with Crippen molar-refractivity contribution >= 4 is 88.7 Å². The average molecular weight is 995 g/mol. The minimum Gasteiger partial charge on any atom is -0.486 e. The van der Waals surface area contributed by atoms with E-state index in [-0.39, 0.29) is 23.0 Å². The van der Waals surface area contributed by atoms with Gasteiger partial charge in [0.05, 0.1) is 0 Å². The van der Waals surface area contributed by atoms with Crippen LogP contribution in [0.15, 0.2) is 176 Å². The van der Waals surface area contributed by atoms with Crippen LogP contribution in [0.2, 0.25) is 0 Å². The number of aryl methyl sites for hydroxylation is 1. The molecule has 4 nitrogen and oxygen atoms in total. The van der Waals surface area contributed by atoms with E-state index in [0.29, 0.717) is 13.2 Å². The highest BCUT2D eigenvalue weighted by Crippen LogP contribution is 2.49. The van der Waals surface area contributed by atoms with Gasteiger partial charge in [-0.15, -0.1) is 11.3 Å². The third kappa shape index (κ3) is 8.12. The standard InChI is InChI=1S/C69H63BN2O2S/c1-42-33-60-66-61(34-42)72(53-36-47(43-15-21-49(22-16-43)67(2,3)4)35-48(37-53)44-17-23-50(24-18-44)68(5,6)7)58-30-20-45(46-19-29-55-54-13-11-12-14-64(54)75-65(55)39-46)38-56(58)70(66)57-40-62-63(74-32-31-73-62)41-59(57)71(60)52-27-25-51(26-28-52)69(8,9)10/h11-30,33-41H,31-32H2,1-10H3. The van der Waals surface area contributed by atoms with E-state index in [4.69, 9.17) is 9.47 Å². The van der Waals surface area contributed by atoms with Crippen molar-refractivity contribution in [3.05, 3.63) is 198 Å². The van der Waals surface area contributed by atoms with Gasteiger partial charge in [-0.2, -0.15) is 0 Å². The van der Waals surface area contributed by atoms with Crippen molar-refractivity contribution in [2.45, 2.75) is 85.5 Å². The van der Waals surface area contributed by atoms with Crippen molar-refractivity contribution < 1.29 is 9.47 Å². The fourth-order valence-corrected chi connectivity index (χ4v) is 13.0. The summed E-state index contributed by atoms with van der Waals surface area (Å²) in [5.74, 6) is 1.58. The van der Waals surface area contributed by atoms with Gasteiger partial charge in [0.2, 0.25) is 0 Å². The number of thiophene rings is 1. The van der Waals surface area contributed by atoms with Crippen molar-refractivity contribution in [2.75, 3.05) is 23.0 Å². The highest BCUT2D eigenvalue weighted by molar-refractivity contribution is 7.25. The molecule has 0 fully saturated rings.